The van der Waals surface area contributed by atoms with E-state index in [-0.39, 0.29) is 24.3 Å². The molecule has 5 N–H and O–H groups in total. The standard InChI is InChI=1S/C24H35N7O4.C6H6/c1-35-14-13-30-12-7-18(16-30)27-23(33)28-21-15-20(29-31(21)19-5-3-2-4-6-19)22(32)26-17-24(34)8-10-25-11-9-24;1-2-4-6-5-3-1/h2-6,15,18,25,34H,7-14,16-17H2,1H3,(H,26,32)(H2,27,28,33);1-6H. The average molecular weight is 564 g/mol. The van der Waals surface area contributed by atoms with E-state index in [0.29, 0.717) is 44.0 Å². The summed E-state index contributed by atoms with van der Waals surface area (Å²) in [6, 6.07) is 22.5. The van der Waals surface area contributed by atoms with Gasteiger partial charge >= 0.3 is 6.03 Å². The number of nitrogens with one attached hydrogen (secondary N) is 4. The molecule has 11 heteroatoms. The first-order chi connectivity index (χ1) is 20.0. The summed E-state index contributed by atoms with van der Waals surface area (Å²) in [5.74, 6) is -0.0201. The molecule has 220 valence electrons. The molecule has 3 heterocycles. The fraction of sp³-hybridized carbons (Fsp3) is 0.433. The number of nitrogens with zero attached hydrogens (tertiary/aromatic N) is 3. The highest BCUT2D eigenvalue weighted by Gasteiger charge is 2.30. The predicted octanol–water partition coefficient (Wildman–Crippen LogP) is 2.25. The van der Waals surface area contributed by atoms with Crippen LogP contribution in [0.2, 0.25) is 0 Å². The lowest BCUT2D eigenvalue weighted by atomic mass is 9.92. The number of carbonyl (C=O) groups excluding carboxylic acids is 2. The number of benzene rings is 2. The van der Waals surface area contributed by atoms with Gasteiger partial charge in [0.2, 0.25) is 0 Å². The van der Waals surface area contributed by atoms with Crippen LogP contribution in [0, 0.1) is 0 Å². The van der Waals surface area contributed by atoms with Gasteiger partial charge in [0.05, 0.1) is 17.9 Å². The highest BCUT2D eigenvalue weighted by Crippen LogP contribution is 2.20. The molecular formula is C30H41N7O4. The second kappa shape index (κ2) is 15.3. The molecule has 0 saturated carbocycles. The number of methoxy groups -OCH3 is 1. The van der Waals surface area contributed by atoms with Crippen molar-refractivity contribution in [3.05, 3.63) is 78.5 Å². The molecule has 2 fully saturated rings. The Morgan fingerprint density at radius 1 is 1.07 bits per heavy atom. The van der Waals surface area contributed by atoms with Crippen LogP contribution in [0.15, 0.2) is 72.8 Å². The monoisotopic (exact) mass is 563 g/mol. The highest BCUT2D eigenvalue weighted by molar-refractivity contribution is 5.95. The van der Waals surface area contributed by atoms with E-state index in [1.165, 1.54) is 4.68 Å². The number of aromatic nitrogens is 2. The van der Waals surface area contributed by atoms with Crippen molar-refractivity contribution in [2.24, 2.45) is 0 Å². The van der Waals surface area contributed by atoms with Crippen LogP contribution >= 0.6 is 0 Å². The van der Waals surface area contributed by atoms with Crippen LogP contribution < -0.4 is 21.3 Å². The minimum atomic E-state index is -0.928. The largest absolute Gasteiger partial charge is 0.388 e. The maximum atomic E-state index is 12.9. The van der Waals surface area contributed by atoms with E-state index in [9.17, 15) is 14.7 Å². The van der Waals surface area contributed by atoms with Crippen LogP contribution in [0.1, 0.15) is 29.8 Å². The van der Waals surface area contributed by atoms with E-state index < -0.39 is 11.5 Å². The Morgan fingerprint density at radius 2 is 1.73 bits per heavy atom. The Morgan fingerprint density at radius 3 is 2.39 bits per heavy atom. The molecule has 3 amide bonds. The minimum absolute atomic E-state index is 0.0356. The Hall–Kier alpha value is -3.77. The van der Waals surface area contributed by atoms with E-state index in [1.807, 2.05) is 66.7 Å². The lowest BCUT2D eigenvalue weighted by Gasteiger charge is -2.32. The number of carbonyl (C=O) groups is 2. The first-order valence-corrected chi connectivity index (χ1v) is 14.1. The molecule has 3 aromatic rings. The third-order valence-electron chi connectivity index (χ3n) is 7.18. The number of anilines is 1. The number of urea groups is 1. The van der Waals surface area contributed by atoms with Gasteiger partial charge in [-0.2, -0.15) is 5.10 Å². The first-order valence-electron chi connectivity index (χ1n) is 14.1. The Labute approximate surface area is 241 Å². The summed E-state index contributed by atoms with van der Waals surface area (Å²) in [4.78, 5) is 27.9. The van der Waals surface area contributed by atoms with Crippen LogP contribution in [0.4, 0.5) is 10.6 Å². The predicted molar refractivity (Wildman–Crippen MR) is 158 cm³/mol. The van der Waals surface area contributed by atoms with Crippen molar-refractivity contribution in [3.63, 3.8) is 0 Å². The maximum Gasteiger partial charge on any atom is 0.320 e. The molecular weight excluding hydrogens is 522 g/mol. The van der Waals surface area contributed by atoms with Crippen molar-refractivity contribution in [3.8, 4) is 5.69 Å². The Bertz CT molecular complexity index is 1190. The molecule has 1 aromatic heterocycles. The van der Waals surface area contributed by atoms with Crippen LogP contribution in [-0.2, 0) is 4.74 Å². The molecule has 1 unspecified atom stereocenters. The fourth-order valence-electron chi connectivity index (χ4n) is 4.85. The number of amides is 3. The molecule has 2 aliphatic heterocycles. The van der Waals surface area contributed by atoms with E-state index >= 15 is 0 Å². The summed E-state index contributed by atoms with van der Waals surface area (Å²) >= 11 is 0. The molecule has 0 aliphatic carbocycles. The number of hydrogen-bond acceptors (Lipinski definition) is 7. The number of para-hydroxylation sites is 1. The quantitative estimate of drug-likeness (QED) is 0.270. The van der Waals surface area contributed by atoms with Crippen LogP contribution in [0.3, 0.4) is 0 Å². The molecule has 0 spiro atoms. The average Bonchev–Trinajstić information content (AvgIpc) is 3.64. The van der Waals surface area contributed by atoms with Gasteiger partial charge in [0, 0.05) is 45.4 Å². The molecule has 5 rings (SSSR count). The summed E-state index contributed by atoms with van der Waals surface area (Å²) in [6.45, 7) is 4.74. The molecule has 0 bridgehead atoms. The van der Waals surface area contributed by atoms with Gasteiger partial charge in [-0.1, -0.05) is 54.6 Å². The maximum absolute atomic E-state index is 12.9. The Kier molecular flexibility index (Phi) is 11.3. The van der Waals surface area contributed by atoms with E-state index in [4.69, 9.17) is 4.74 Å². The van der Waals surface area contributed by atoms with Gasteiger partial charge in [0.1, 0.15) is 5.82 Å². The SMILES string of the molecule is COCCN1CCC(NC(=O)Nc2cc(C(=O)NCC3(O)CCNCC3)nn2-c2ccccc2)C1.c1ccccc1. The van der Waals surface area contributed by atoms with Gasteiger partial charge in [0.25, 0.3) is 5.91 Å². The molecule has 41 heavy (non-hydrogen) atoms. The third kappa shape index (κ3) is 9.39. The van der Waals surface area contributed by atoms with E-state index in [0.717, 1.165) is 26.1 Å². The lowest BCUT2D eigenvalue weighted by Crippen LogP contribution is -2.49. The normalized spacial score (nSPS) is 18.1. The van der Waals surface area contributed by atoms with Gasteiger partial charge in [-0.3, -0.25) is 15.0 Å². The number of aliphatic hydroxyl groups is 1. The second-order valence-corrected chi connectivity index (χ2v) is 10.4. The van der Waals surface area contributed by atoms with Gasteiger partial charge in [-0.05, 0) is 44.5 Å². The Balaban J connectivity index is 0.000000572. The van der Waals surface area contributed by atoms with Crippen molar-refractivity contribution < 1.29 is 19.4 Å². The molecule has 11 nitrogen and oxygen atoms in total. The number of likely N-dealkylation sites (tertiary alicyclic amines) is 1. The zero-order valence-corrected chi connectivity index (χ0v) is 23.6. The molecule has 2 saturated heterocycles. The smallest absolute Gasteiger partial charge is 0.320 e. The van der Waals surface area contributed by atoms with Crippen molar-refractivity contribution >= 4 is 17.8 Å². The zero-order valence-electron chi connectivity index (χ0n) is 23.6. The van der Waals surface area contributed by atoms with Gasteiger partial charge in [0.15, 0.2) is 5.69 Å². The van der Waals surface area contributed by atoms with Gasteiger partial charge in [-0.25, -0.2) is 9.48 Å². The number of ether oxygens (including phenoxy) is 1. The van der Waals surface area contributed by atoms with E-state index in [2.05, 4.69) is 31.3 Å². The van der Waals surface area contributed by atoms with E-state index in [1.54, 1.807) is 13.2 Å². The van der Waals surface area contributed by atoms with Gasteiger partial charge < -0.3 is 25.8 Å². The second-order valence-electron chi connectivity index (χ2n) is 10.4. The molecule has 2 aliphatic rings. The summed E-state index contributed by atoms with van der Waals surface area (Å²) < 4.78 is 6.67. The van der Waals surface area contributed by atoms with Crippen molar-refractivity contribution in [1.29, 1.82) is 0 Å². The van der Waals surface area contributed by atoms with Crippen LogP contribution in [0.5, 0.6) is 0 Å². The number of rotatable bonds is 9. The summed E-state index contributed by atoms with van der Waals surface area (Å²) in [5.41, 5.74) is -0.0545. The third-order valence-corrected chi connectivity index (χ3v) is 7.18. The summed E-state index contributed by atoms with van der Waals surface area (Å²) in [7, 11) is 1.68. The van der Waals surface area contributed by atoms with Gasteiger partial charge in [-0.15, -0.1) is 0 Å². The van der Waals surface area contributed by atoms with Crippen molar-refractivity contribution in [2.45, 2.75) is 30.9 Å². The topological polar surface area (TPSA) is 133 Å². The van der Waals surface area contributed by atoms with Crippen LogP contribution in [-0.4, -0.2) is 96.4 Å². The van der Waals surface area contributed by atoms with Crippen LogP contribution in [0.25, 0.3) is 5.69 Å². The molecule has 1 atom stereocenters. The fourth-order valence-corrected chi connectivity index (χ4v) is 4.85. The lowest BCUT2D eigenvalue weighted by molar-refractivity contribution is 0.0112. The van der Waals surface area contributed by atoms with Crippen molar-refractivity contribution in [1.82, 2.24) is 30.6 Å². The number of piperidine rings is 1. The molecule has 2 aromatic carbocycles. The highest BCUT2D eigenvalue weighted by atomic mass is 16.5. The molecule has 0 radical (unpaired) electrons. The van der Waals surface area contributed by atoms with Crippen molar-refractivity contribution in [2.75, 3.05) is 58.3 Å². The zero-order chi connectivity index (χ0) is 28.9. The first kappa shape index (κ1) is 30.2. The number of hydrogen-bond donors (Lipinski definition) is 5. The summed E-state index contributed by atoms with van der Waals surface area (Å²) in [5, 5.41) is 27.0. The summed E-state index contributed by atoms with van der Waals surface area (Å²) in [6.07, 6.45) is 2.01. The minimum Gasteiger partial charge on any atom is -0.388 e.